The zero-order chi connectivity index (χ0) is 10.8. The van der Waals surface area contributed by atoms with E-state index >= 15 is 0 Å². The van der Waals surface area contributed by atoms with Crippen molar-refractivity contribution in [2.24, 2.45) is 0 Å². The Morgan fingerprint density at radius 2 is 2.12 bits per heavy atom. The van der Waals surface area contributed by atoms with Crippen LogP contribution in [0.15, 0.2) is 28.9 Å². The van der Waals surface area contributed by atoms with Crippen molar-refractivity contribution in [2.75, 3.05) is 13.1 Å². The molecule has 3 heterocycles. The lowest BCUT2D eigenvalue weighted by molar-refractivity contribution is 0.453. The van der Waals surface area contributed by atoms with Crippen LogP contribution in [0.2, 0.25) is 0 Å². The lowest BCUT2D eigenvalue weighted by atomic mass is 9.94. The van der Waals surface area contributed by atoms with Crippen LogP contribution in [0.3, 0.4) is 0 Å². The molecule has 92 valence electrons. The molecule has 17 heavy (non-hydrogen) atoms. The van der Waals surface area contributed by atoms with Gasteiger partial charge in [-0.2, -0.15) is 5.10 Å². The standard InChI is InChI=1S/C12H15N3O.ClH/c1-2-12(16-7-1)11-8-10(14-15-11)9-3-5-13-6-4-9;/h1-2,7-9,13H,3-6H2,(H,14,15);1H. The van der Waals surface area contributed by atoms with Crippen LogP contribution in [0.4, 0.5) is 0 Å². The number of hydrogen-bond acceptors (Lipinski definition) is 3. The van der Waals surface area contributed by atoms with Gasteiger partial charge < -0.3 is 9.73 Å². The molecule has 0 radical (unpaired) electrons. The fourth-order valence-corrected chi connectivity index (χ4v) is 2.23. The number of nitrogens with zero attached hydrogens (tertiary/aromatic N) is 1. The van der Waals surface area contributed by atoms with Gasteiger partial charge in [-0.05, 0) is 44.1 Å². The largest absolute Gasteiger partial charge is 0.463 e. The zero-order valence-corrected chi connectivity index (χ0v) is 10.3. The maximum absolute atomic E-state index is 5.33. The molecule has 3 rings (SSSR count). The molecule has 0 bridgehead atoms. The van der Waals surface area contributed by atoms with Gasteiger partial charge in [0.2, 0.25) is 0 Å². The number of aromatic amines is 1. The van der Waals surface area contributed by atoms with Gasteiger partial charge in [-0.1, -0.05) is 0 Å². The van der Waals surface area contributed by atoms with Gasteiger partial charge in [-0.15, -0.1) is 12.4 Å². The van der Waals surface area contributed by atoms with E-state index in [-0.39, 0.29) is 12.4 Å². The van der Waals surface area contributed by atoms with Gasteiger partial charge in [0, 0.05) is 11.6 Å². The minimum Gasteiger partial charge on any atom is -0.463 e. The van der Waals surface area contributed by atoms with E-state index in [0.29, 0.717) is 5.92 Å². The van der Waals surface area contributed by atoms with E-state index in [1.54, 1.807) is 6.26 Å². The first-order chi connectivity index (χ1) is 7.93. The summed E-state index contributed by atoms with van der Waals surface area (Å²) in [5.74, 6) is 1.44. The van der Waals surface area contributed by atoms with Gasteiger partial charge in [0.1, 0.15) is 5.69 Å². The first-order valence-electron chi connectivity index (χ1n) is 5.73. The third kappa shape index (κ3) is 2.53. The first-order valence-corrected chi connectivity index (χ1v) is 5.73. The van der Waals surface area contributed by atoms with Crippen LogP contribution >= 0.6 is 12.4 Å². The van der Waals surface area contributed by atoms with Crippen molar-refractivity contribution in [1.82, 2.24) is 15.5 Å². The van der Waals surface area contributed by atoms with Crippen LogP contribution in [0.5, 0.6) is 0 Å². The molecule has 0 spiro atoms. The number of halogens is 1. The molecular weight excluding hydrogens is 238 g/mol. The molecule has 0 unspecified atom stereocenters. The molecule has 4 nitrogen and oxygen atoms in total. The van der Waals surface area contributed by atoms with Gasteiger partial charge in [0.05, 0.1) is 6.26 Å². The maximum Gasteiger partial charge on any atom is 0.154 e. The second-order valence-corrected chi connectivity index (χ2v) is 4.21. The second-order valence-electron chi connectivity index (χ2n) is 4.21. The molecule has 0 atom stereocenters. The Kier molecular flexibility index (Phi) is 3.86. The Bertz CT molecular complexity index is 446. The number of nitrogens with one attached hydrogen (secondary N) is 2. The van der Waals surface area contributed by atoms with Crippen LogP contribution in [-0.2, 0) is 0 Å². The summed E-state index contributed by atoms with van der Waals surface area (Å²) in [6.45, 7) is 2.19. The van der Waals surface area contributed by atoms with Crippen molar-refractivity contribution in [3.63, 3.8) is 0 Å². The van der Waals surface area contributed by atoms with E-state index in [4.69, 9.17) is 4.42 Å². The molecule has 0 aliphatic carbocycles. The summed E-state index contributed by atoms with van der Waals surface area (Å²) in [6.07, 6.45) is 4.04. The number of H-pyrrole nitrogens is 1. The number of rotatable bonds is 2. The molecule has 0 saturated carbocycles. The molecule has 2 aromatic rings. The minimum absolute atomic E-state index is 0. The van der Waals surface area contributed by atoms with E-state index < -0.39 is 0 Å². The van der Waals surface area contributed by atoms with Crippen LogP contribution < -0.4 is 5.32 Å². The van der Waals surface area contributed by atoms with E-state index in [2.05, 4.69) is 21.6 Å². The van der Waals surface area contributed by atoms with Crippen LogP contribution in [0.1, 0.15) is 24.5 Å². The van der Waals surface area contributed by atoms with Crippen molar-refractivity contribution >= 4 is 12.4 Å². The first kappa shape index (κ1) is 12.2. The normalized spacial score (nSPS) is 16.7. The molecule has 2 N–H and O–H groups in total. The van der Waals surface area contributed by atoms with Gasteiger partial charge in [0.25, 0.3) is 0 Å². The highest BCUT2D eigenvalue weighted by Crippen LogP contribution is 2.27. The Hall–Kier alpha value is -1.26. The predicted molar refractivity (Wildman–Crippen MR) is 68.4 cm³/mol. The summed E-state index contributed by atoms with van der Waals surface area (Å²) in [5.41, 5.74) is 2.13. The van der Waals surface area contributed by atoms with E-state index in [1.165, 1.54) is 18.5 Å². The average molecular weight is 254 g/mol. The summed E-state index contributed by atoms with van der Waals surface area (Å²) in [6, 6.07) is 5.92. The van der Waals surface area contributed by atoms with Crippen molar-refractivity contribution in [1.29, 1.82) is 0 Å². The molecule has 5 heteroatoms. The molecule has 0 amide bonds. The summed E-state index contributed by atoms with van der Waals surface area (Å²) in [4.78, 5) is 0. The summed E-state index contributed by atoms with van der Waals surface area (Å²) in [5, 5.41) is 10.8. The summed E-state index contributed by atoms with van der Waals surface area (Å²) < 4.78 is 5.33. The van der Waals surface area contributed by atoms with Gasteiger partial charge >= 0.3 is 0 Å². The van der Waals surface area contributed by atoms with E-state index in [0.717, 1.165) is 24.5 Å². The van der Waals surface area contributed by atoms with Gasteiger partial charge in [-0.25, -0.2) is 0 Å². The monoisotopic (exact) mass is 253 g/mol. The molecule has 1 fully saturated rings. The Labute approximate surface area is 106 Å². The number of aromatic nitrogens is 2. The van der Waals surface area contributed by atoms with Crippen LogP contribution in [-0.4, -0.2) is 23.3 Å². The van der Waals surface area contributed by atoms with Gasteiger partial charge in [0.15, 0.2) is 5.76 Å². The molecule has 1 aliphatic rings. The fourth-order valence-electron chi connectivity index (χ4n) is 2.23. The highest BCUT2D eigenvalue weighted by Gasteiger charge is 2.18. The number of furan rings is 1. The minimum atomic E-state index is 0. The smallest absolute Gasteiger partial charge is 0.154 e. The van der Waals surface area contributed by atoms with E-state index in [1.807, 2.05) is 12.1 Å². The quantitative estimate of drug-likeness (QED) is 0.865. The second kappa shape index (κ2) is 5.38. The van der Waals surface area contributed by atoms with Crippen molar-refractivity contribution in [3.8, 4) is 11.5 Å². The lowest BCUT2D eigenvalue weighted by Crippen LogP contribution is -2.26. The lowest BCUT2D eigenvalue weighted by Gasteiger charge is -2.20. The Morgan fingerprint density at radius 3 is 2.82 bits per heavy atom. The Balaban J connectivity index is 0.00000108. The molecule has 2 aromatic heterocycles. The van der Waals surface area contributed by atoms with Crippen molar-refractivity contribution in [3.05, 3.63) is 30.2 Å². The fraction of sp³-hybridized carbons (Fsp3) is 0.417. The SMILES string of the molecule is Cl.c1coc(-c2cc(C3CCNCC3)[nH]n2)c1. The van der Waals surface area contributed by atoms with Crippen molar-refractivity contribution in [2.45, 2.75) is 18.8 Å². The number of hydrogen-bond donors (Lipinski definition) is 2. The zero-order valence-electron chi connectivity index (χ0n) is 9.48. The summed E-state index contributed by atoms with van der Waals surface area (Å²) >= 11 is 0. The average Bonchev–Trinajstić information content (AvgIpc) is 3.01. The van der Waals surface area contributed by atoms with Crippen LogP contribution in [0, 0.1) is 0 Å². The highest BCUT2D eigenvalue weighted by atomic mass is 35.5. The molecule has 1 saturated heterocycles. The molecule has 1 aliphatic heterocycles. The topological polar surface area (TPSA) is 53.9 Å². The summed E-state index contributed by atoms with van der Waals surface area (Å²) in [7, 11) is 0. The molecular formula is C12H16ClN3O. The van der Waals surface area contributed by atoms with E-state index in [9.17, 15) is 0 Å². The number of piperidine rings is 1. The van der Waals surface area contributed by atoms with Crippen molar-refractivity contribution < 1.29 is 4.42 Å². The maximum atomic E-state index is 5.33. The van der Waals surface area contributed by atoms with Gasteiger partial charge in [-0.3, -0.25) is 5.10 Å². The Morgan fingerprint density at radius 1 is 1.29 bits per heavy atom. The van der Waals surface area contributed by atoms with Crippen LogP contribution in [0.25, 0.3) is 11.5 Å². The third-order valence-electron chi connectivity index (χ3n) is 3.15. The molecule has 0 aromatic carbocycles. The highest BCUT2D eigenvalue weighted by molar-refractivity contribution is 5.85. The predicted octanol–water partition coefficient (Wildman–Crippen LogP) is 2.56. The third-order valence-corrected chi connectivity index (χ3v) is 3.15.